The number of pyridine rings is 1. The van der Waals surface area contributed by atoms with Gasteiger partial charge in [-0.15, -0.1) is 0 Å². The van der Waals surface area contributed by atoms with Crippen molar-refractivity contribution in [1.29, 1.82) is 0 Å². The average Bonchev–Trinajstić information content (AvgIpc) is 3.00. The molecule has 0 spiro atoms. The summed E-state index contributed by atoms with van der Waals surface area (Å²) in [4.78, 5) is 30.9. The first-order chi connectivity index (χ1) is 12.0. The van der Waals surface area contributed by atoms with Crippen LogP contribution in [0.5, 0.6) is 0 Å². The predicted molar refractivity (Wildman–Crippen MR) is 96.0 cm³/mol. The van der Waals surface area contributed by atoms with Gasteiger partial charge in [-0.25, -0.2) is 0 Å². The number of hydrogen-bond acceptors (Lipinski definition) is 3. The van der Waals surface area contributed by atoms with Crippen LogP contribution in [-0.4, -0.2) is 33.9 Å². The highest BCUT2D eigenvalue weighted by atomic mass is 16.2. The lowest BCUT2D eigenvalue weighted by Crippen LogP contribution is -2.28. The second-order valence-corrected chi connectivity index (χ2v) is 6.57. The topological polar surface area (TPSA) is 54.7 Å². The van der Waals surface area contributed by atoms with E-state index in [0.717, 1.165) is 18.5 Å². The number of amides is 1. The molecule has 1 amide bonds. The molecule has 3 rings (SSSR count). The maximum atomic E-state index is 12.8. The van der Waals surface area contributed by atoms with E-state index in [9.17, 15) is 9.59 Å². The van der Waals surface area contributed by atoms with Gasteiger partial charge in [0, 0.05) is 37.3 Å². The number of carbonyl (C=O) groups excluding carboxylic acids is 2. The quantitative estimate of drug-likeness (QED) is 0.861. The van der Waals surface area contributed by atoms with Crippen molar-refractivity contribution in [2.45, 2.75) is 39.3 Å². The van der Waals surface area contributed by atoms with Crippen molar-refractivity contribution in [2.75, 3.05) is 6.54 Å². The maximum absolute atomic E-state index is 12.8. The smallest absolute Gasteiger partial charge is 0.263 e. The Kier molecular flexibility index (Phi) is 5.12. The molecule has 0 atom stereocenters. The molecule has 130 valence electrons. The van der Waals surface area contributed by atoms with E-state index in [4.69, 9.17) is 0 Å². The van der Waals surface area contributed by atoms with Crippen LogP contribution in [-0.2, 0) is 11.3 Å². The summed E-state index contributed by atoms with van der Waals surface area (Å²) in [6.07, 6.45) is 3.31. The Morgan fingerprint density at radius 1 is 1.16 bits per heavy atom. The standard InChI is InChI=1S/C20H23N3O2/c1-15(2)21-18-6-3-4-13-23(18)20(25)17-10-8-16(9-11-17)14-22-12-5-7-19(22)24/h3-4,6,8-11,13,15H,5,7,12,14H2,1-2H3. The summed E-state index contributed by atoms with van der Waals surface area (Å²) >= 11 is 0. The number of carbonyl (C=O) groups is 2. The molecule has 1 aromatic heterocycles. The fourth-order valence-electron chi connectivity index (χ4n) is 2.96. The minimum atomic E-state index is -0.108. The molecule has 1 aliphatic heterocycles. The summed E-state index contributed by atoms with van der Waals surface area (Å²) in [5.74, 6) is 0.101. The molecule has 2 heterocycles. The molecule has 0 bridgehead atoms. The maximum Gasteiger partial charge on any atom is 0.263 e. The van der Waals surface area contributed by atoms with E-state index in [1.54, 1.807) is 10.8 Å². The number of nitrogens with zero attached hydrogens (tertiary/aromatic N) is 3. The molecular weight excluding hydrogens is 314 g/mol. The van der Waals surface area contributed by atoms with E-state index in [0.29, 0.717) is 24.0 Å². The second-order valence-electron chi connectivity index (χ2n) is 6.57. The number of hydrogen-bond donors (Lipinski definition) is 0. The molecular formula is C20H23N3O2. The summed E-state index contributed by atoms with van der Waals surface area (Å²) < 4.78 is 1.57. The molecule has 0 saturated carbocycles. The van der Waals surface area contributed by atoms with Gasteiger partial charge in [-0.2, -0.15) is 0 Å². The minimum absolute atomic E-state index is 0.108. The van der Waals surface area contributed by atoms with Crippen molar-refractivity contribution in [1.82, 2.24) is 9.47 Å². The van der Waals surface area contributed by atoms with Crippen molar-refractivity contribution in [3.8, 4) is 0 Å². The Labute approximate surface area is 147 Å². The summed E-state index contributed by atoms with van der Waals surface area (Å²) in [6, 6.07) is 13.1. The van der Waals surface area contributed by atoms with Gasteiger partial charge in [0.1, 0.15) is 5.49 Å². The molecule has 0 radical (unpaired) electrons. The fourth-order valence-corrected chi connectivity index (χ4v) is 2.96. The lowest BCUT2D eigenvalue weighted by molar-refractivity contribution is -0.128. The van der Waals surface area contributed by atoms with E-state index in [1.165, 1.54) is 0 Å². The van der Waals surface area contributed by atoms with Gasteiger partial charge >= 0.3 is 0 Å². The Balaban J connectivity index is 1.81. The number of likely N-dealkylation sites (tertiary alicyclic amines) is 1. The summed E-state index contributed by atoms with van der Waals surface area (Å²) in [6.45, 7) is 5.39. The first-order valence-corrected chi connectivity index (χ1v) is 8.67. The van der Waals surface area contributed by atoms with E-state index >= 15 is 0 Å². The Hall–Kier alpha value is -2.69. The van der Waals surface area contributed by atoms with Crippen LogP contribution >= 0.6 is 0 Å². The first-order valence-electron chi connectivity index (χ1n) is 8.67. The van der Waals surface area contributed by atoms with Crippen LogP contribution in [0.3, 0.4) is 0 Å². The zero-order valence-electron chi connectivity index (χ0n) is 14.7. The Morgan fingerprint density at radius 3 is 2.56 bits per heavy atom. The molecule has 1 aliphatic rings. The molecule has 0 unspecified atom stereocenters. The van der Waals surface area contributed by atoms with Crippen molar-refractivity contribution in [3.05, 3.63) is 65.3 Å². The van der Waals surface area contributed by atoms with E-state index in [-0.39, 0.29) is 17.9 Å². The molecule has 5 heteroatoms. The normalized spacial score (nSPS) is 15.2. The number of aromatic nitrogens is 1. The van der Waals surface area contributed by atoms with Crippen LogP contribution < -0.4 is 5.49 Å². The monoisotopic (exact) mass is 337 g/mol. The van der Waals surface area contributed by atoms with Crippen LogP contribution in [0.2, 0.25) is 0 Å². The van der Waals surface area contributed by atoms with Crippen LogP contribution in [0.25, 0.3) is 0 Å². The van der Waals surface area contributed by atoms with Crippen LogP contribution in [0, 0.1) is 0 Å². The molecule has 1 saturated heterocycles. The van der Waals surface area contributed by atoms with Crippen molar-refractivity contribution < 1.29 is 9.59 Å². The molecule has 5 nitrogen and oxygen atoms in total. The highest BCUT2D eigenvalue weighted by molar-refractivity contribution is 5.95. The fraction of sp³-hybridized carbons (Fsp3) is 0.350. The van der Waals surface area contributed by atoms with Gasteiger partial charge in [-0.3, -0.25) is 19.1 Å². The third-order valence-electron chi connectivity index (χ3n) is 4.19. The summed E-state index contributed by atoms with van der Waals surface area (Å²) in [5, 5.41) is 0. The van der Waals surface area contributed by atoms with Gasteiger partial charge in [0.25, 0.3) is 5.91 Å². The van der Waals surface area contributed by atoms with Crippen LogP contribution in [0.15, 0.2) is 53.7 Å². The Bertz CT molecular complexity index is 835. The van der Waals surface area contributed by atoms with Gasteiger partial charge in [-0.1, -0.05) is 18.2 Å². The van der Waals surface area contributed by atoms with Gasteiger partial charge in [0.05, 0.1) is 0 Å². The Morgan fingerprint density at radius 2 is 1.92 bits per heavy atom. The molecule has 25 heavy (non-hydrogen) atoms. The summed E-state index contributed by atoms with van der Waals surface area (Å²) in [5.41, 5.74) is 2.29. The third kappa shape index (κ3) is 4.05. The van der Waals surface area contributed by atoms with Crippen LogP contribution in [0.1, 0.15) is 42.6 Å². The highest BCUT2D eigenvalue weighted by Crippen LogP contribution is 2.15. The second kappa shape index (κ2) is 7.47. The number of benzene rings is 1. The van der Waals surface area contributed by atoms with Crippen molar-refractivity contribution in [3.63, 3.8) is 0 Å². The minimum Gasteiger partial charge on any atom is -0.338 e. The largest absolute Gasteiger partial charge is 0.338 e. The van der Waals surface area contributed by atoms with Gasteiger partial charge in [0.15, 0.2) is 0 Å². The van der Waals surface area contributed by atoms with Crippen molar-refractivity contribution in [2.24, 2.45) is 4.99 Å². The van der Waals surface area contributed by atoms with Crippen molar-refractivity contribution >= 4 is 11.8 Å². The highest BCUT2D eigenvalue weighted by Gasteiger charge is 2.20. The van der Waals surface area contributed by atoms with Gasteiger partial charge < -0.3 is 4.90 Å². The lowest BCUT2D eigenvalue weighted by Gasteiger charge is -2.15. The SMILES string of the molecule is CC(C)N=c1ccccn1C(=O)c1ccc(CN2CCCC2=O)cc1. The van der Waals surface area contributed by atoms with Crippen LogP contribution in [0.4, 0.5) is 0 Å². The molecule has 2 aromatic rings. The van der Waals surface area contributed by atoms with Gasteiger partial charge in [0.2, 0.25) is 5.91 Å². The van der Waals surface area contributed by atoms with E-state index < -0.39 is 0 Å². The number of rotatable bonds is 4. The first kappa shape index (κ1) is 17.1. The molecule has 1 aromatic carbocycles. The average molecular weight is 337 g/mol. The molecule has 0 N–H and O–H groups in total. The zero-order valence-corrected chi connectivity index (χ0v) is 14.7. The van der Waals surface area contributed by atoms with Gasteiger partial charge in [-0.05, 0) is 50.1 Å². The predicted octanol–water partition coefficient (Wildman–Crippen LogP) is 2.61. The molecule has 1 fully saturated rings. The van der Waals surface area contributed by atoms with E-state index in [2.05, 4.69) is 4.99 Å². The zero-order chi connectivity index (χ0) is 17.8. The summed E-state index contributed by atoms with van der Waals surface area (Å²) in [7, 11) is 0. The lowest BCUT2D eigenvalue weighted by atomic mass is 10.1. The van der Waals surface area contributed by atoms with E-state index in [1.807, 2.05) is 61.2 Å². The molecule has 0 aliphatic carbocycles. The third-order valence-corrected chi connectivity index (χ3v) is 4.19.